The Hall–Kier alpha value is -3.75. The third kappa shape index (κ3) is 5.90. The van der Waals surface area contributed by atoms with Gasteiger partial charge in [-0.2, -0.15) is 0 Å². The molecule has 6 nitrogen and oxygen atoms in total. The van der Waals surface area contributed by atoms with Crippen LogP contribution in [0.3, 0.4) is 0 Å². The Labute approximate surface area is 215 Å². The molecule has 0 bridgehead atoms. The molecular weight excluding hydrogens is 492 g/mol. The van der Waals surface area contributed by atoms with Crippen LogP contribution in [0.2, 0.25) is 0 Å². The summed E-state index contributed by atoms with van der Waals surface area (Å²) in [6.45, 7) is 7.87. The second-order valence-corrected chi connectivity index (χ2v) is 10.8. The monoisotopic (exact) mass is 518 g/mol. The van der Waals surface area contributed by atoms with Crippen LogP contribution in [0, 0.1) is 0 Å². The number of pyridine rings is 1. The van der Waals surface area contributed by atoms with Gasteiger partial charge in [0.05, 0.1) is 28.5 Å². The molecule has 0 atom stereocenters. The number of nitrogens with zero attached hydrogens (tertiary/aromatic N) is 1. The van der Waals surface area contributed by atoms with E-state index in [1.165, 1.54) is 23.9 Å². The van der Waals surface area contributed by atoms with Gasteiger partial charge in [-0.3, -0.25) is 9.71 Å². The number of para-hydroxylation sites is 2. The van der Waals surface area contributed by atoms with Gasteiger partial charge >= 0.3 is 0 Å². The fraction of sp³-hybridized carbons (Fsp3) is 0.107. The van der Waals surface area contributed by atoms with Crippen LogP contribution in [-0.2, 0) is 10.0 Å². The van der Waals surface area contributed by atoms with Crippen molar-refractivity contribution in [1.29, 1.82) is 0 Å². The van der Waals surface area contributed by atoms with Gasteiger partial charge in [0.15, 0.2) is 0 Å². The van der Waals surface area contributed by atoms with Crippen molar-refractivity contribution < 1.29 is 18.3 Å². The van der Waals surface area contributed by atoms with Crippen LogP contribution in [0.25, 0.3) is 23.1 Å². The molecule has 0 aliphatic carbocycles. The summed E-state index contributed by atoms with van der Waals surface area (Å²) in [5.41, 5.74) is 1.95. The minimum absolute atomic E-state index is 0.00274. The number of fused-ring (bicyclic) bond motifs is 1. The van der Waals surface area contributed by atoms with Crippen molar-refractivity contribution in [3.05, 3.63) is 97.2 Å². The van der Waals surface area contributed by atoms with Crippen molar-refractivity contribution >= 4 is 50.5 Å². The van der Waals surface area contributed by atoms with E-state index in [0.717, 1.165) is 15.8 Å². The van der Waals surface area contributed by atoms with Gasteiger partial charge in [0.25, 0.3) is 0 Å². The van der Waals surface area contributed by atoms with E-state index in [1.54, 1.807) is 12.3 Å². The molecule has 0 saturated heterocycles. The first-order valence-electron chi connectivity index (χ1n) is 11.3. The highest BCUT2D eigenvalue weighted by atomic mass is 32.2. The Morgan fingerprint density at radius 2 is 1.72 bits per heavy atom. The average molecular weight is 519 g/mol. The number of anilines is 1. The fourth-order valence-corrected chi connectivity index (χ4v) is 5.86. The smallest absolute Gasteiger partial charge is 0.232 e. The topological polar surface area (TPSA) is 88.5 Å². The zero-order valence-corrected chi connectivity index (χ0v) is 21.2. The summed E-state index contributed by atoms with van der Waals surface area (Å²) in [7, 11) is -3.70. The van der Waals surface area contributed by atoms with Gasteiger partial charge in [-0.15, -0.1) is 0 Å². The SMILES string of the molecule is C=Cc1c(NS(=O)(=O)CCCOc2ccccc2)cc(Sc2cccc3cccnc23)c(O)c1C=C. The van der Waals surface area contributed by atoms with Crippen LogP contribution in [0.5, 0.6) is 11.5 Å². The molecule has 2 N–H and O–H groups in total. The first-order chi connectivity index (χ1) is 17.4. The van der Waals surface area contributed by atoms with E-state index in [9.17, 15) is 13.5 Å². The molecule has 4 rings (SSSR count). The minimum Gasteiger partial charge on any atom is -0.506 e. The number of hydrogen-bond donors (Lipinski definition) is 2. The summed E-state index contributed by atoms with van der Waals surface area (Å²) in [6, 6.07) is 20.5. The number of ether oxygens (including phenoxy) is 1. The molecular formula is C28H26N2O4S2. The van der Waals surface area contributed by atoms with Gasteiger partial charge in [-0.05, 0) is 36.8 Å². The second kappa shape index (κ2) is 11.3. The summed E-state index contributed by atoms with van der Waals surface area (Å²) < 4.78 is 34.1. The van der Waals surface area contributed by atoms with Crippen molar-refractivity contribution in [2.24, 2.45) is 0 Å². The van der Waals surface area contributed by atoms with Crippen LogP contribution in [0.1, 0.15) is 17.5 Å². The van der Waals surface area contributed by atoms with Crippen LogP contribution in [0.4, 0.5) is 5.69 Å². The third-order valence-corrected chi connectivity index (χ3v) is 7.84. The summed E-state index contributed by atoms with van der Waals surface area (Å²) in [6.07, 6.45) is 5.01. The number of hydrogen-bond acceptors (Lipinski definition) is 6. The highest BCUT2D eigenvalue weighted by Gasteiger charge is 2.20. The highest BCUT2D eigenvalue weighted by Crippen LogP contribution is 2.43. The molecule has 0 amide bonds. The van der Waals surface area contributed by atoms with Gasteiger partial charge in [0, 0.05) is 27.6 Å². The Kier molecular flexibility index (Phi) is 7.97. The maximum absolute atomic E-state index is 12.9. The number of benzene rings is 3. The maximum atomic E-state index is 12.9. The largest absolute Gasteiger partial charge is 0.506 e. The first-order valence-corrected chi connectivity index (χ1v) is 13.7. The predicted molar refractivity (Wildman–Crippen MR) is 148 cm³/mol. The van der Waals surface area contributed by atoms with Crippen molar-refractivity contribution in [2.75, 3.05) is 17.1 Å². The van der Waals surface area contributed by atoms with E-state index in [4.69, 9.17) is 4.74 Å². The number of aromatic hydroxyl groups is 1. The van der Waals surface area contributed by atoms with Crippen molar-refractivity contribution in [3.8, 4) is 11.5 Å². The lowest BCUT2D eigenvalue weighted by atomic mass is 10.0. The average Bonchev–Trinajstić information content (AvgIpc) is 2.89. The lowest BCUT2D eigenvalue weighted by Gasteiger charge is -2.17. The van der Waals surface area contributed by atoms with E-state index in [1.807, 2.05) is 60.7 Å². The Balaban J connectivity index is 1.58. The van der Waals surface area contributed by atoms with E-state index in [2.05, 4.69) is 22.9 Å². The number of aromatic nitrogens is 1. The van der Waals surface area contributed by atoms with E-state index < -0.39 is 10.0 Å². The first kappa shape index (κ1) is 25.3. The summed E-state index contributed by atoms with van der Waals surface area (Å²) >= 11 is 1.30. The van der Waals surface area contributed by atoms with Gasteiger partial charge < -0.3 is 9.84 Å². The molecule has 184 valence electrons. The zero-order valence-electron chi connectivity index (χ0n) is 19.6. The molecule has 1 heterocycles. The lowest BCUT2D eigenvalue weighted by Crippen LogP contribution is -2.19. The van der Waals surface area contributed by atoms with E-state index in [-0.39, 0.29) is 18.1 Å². The van der Waals surface area contributed by atoms with Gasteiger partial charge in [-0.25, -0.2) is 8.42 Å². The van der Waals surface area contributed by atoms with Crippen LogP contribution < -0.4 is 9.46 Å². The van der Waals surface area contributed by atoms with Crippen LogP contribution in [0.15, 0.2) is 95.9 Å². The number of phenolic OH excluding ortho intramolecular Hbond substituents is 1. The van der Waals surface area contributed by atoms with Crippen LogP contribution in [-0.4, -0.2) is 30.9 Å². The normalized spacial score (nSPS) is 11.2. The molecule has 1 aromatic heterocycles. The summed E-state index contributed by atoms with van der Waals surface area (Å²) in [4.78, 5) is 5.77. The van der Waals surface area contributed by atoms with E-state index >= 15 is 0 Å². The molecule has 0 fully saturated rings. The highest BCUT2D eigenvalue weighted by molar-refractivity contribution is 7.99. The molecule has 0 aliphatic rings. The Morgan fingerprint density at radius 3 is 2.47 bits per heavy atom. The molecule has 0 spiro atoms. The number of rotatable bonds is 11. The Bertz CT molecular complexity index is 1500. The number of phenols is 1. The lowest BCUT2D eigenvalue weighted by molar-refractivity contribution is 0.318. The number of sulfonamides is 1. The molecule has 0 saturated carbocycles. The Morgan fingerprint density at radius 1 is 0.972 bits per heavy atom. The van der Waals surface area contributed by atoms with Crippen molar-refractivity contribution in [2.45, 2.75) is 16.2 Å². The van der Waals surface area contributed by atoms with Gasteiger partial charge in [-0.1, -0.05) is 73.5 Å². The van der Waals surface area contributed by atoms with Crippen LogP contribution >= 0.6 is 11.8 Å². The van der Waals surface area contributed by atoms with Gasteiger partial charge in [0.2, 0.25) is 10.0 Å². The summed E-state index contributed by atoms with van der Waals surface area (Å²) in [5, 5.41) is 11.9. The summed E-state index contributed by atoms with van der Waals surface area (Å²) in [5.74, 6) is 0.559. The molecule has 8 heteroatoms. The predicted octanol–water partition coefficient (Wildman–Crippen LogP) is 6.59. The van der Waals surface area contributed by atoms with Gasteiger partial charge in [0.1, 0.15) is 11.5 Å². The van der Waals surface area contributed by atoms with Crippen molar-refractivity contribution in [1.82, 2.24) is 4.98 Å². The molecule has 0 radical (unpaired) electrons. The minimum atomic E-state index is -3.70. The maximum Gasteiger partial charge on any atom is 0.232 e. The van der Waals surface area contributed by atoms with Crippen molar-refractivity contribution in [3.63, 3.8) is 0 Å². The third-order valence-electron chi connectivity index (χ3n) is 5.40. The molecule has 36 heavy (non-hydrogen) atoms. The second-order valence-electron chi connectivity index (χ2n) is 7.88. The molecule has 3 aromatic carbocycles. The quantitative estimate of drug-likeness (QED) is 0.172. The molecule has 0 unspecified atom stereocenters. The number of nitrogens with one attached hydrogen (secondary N) is 1. The zero-order chi connectivity index (χ0) is 25.5. The van der Waals surface area contributed by atoms with E-state index in [0.29, 0.717) is 33.9 Å². The molecule has 4 aromatic rings. The fourth-order valence-electron chi connectivity index (χ4n) is 3.72. The molecule has 0 aliphatic heterocycles. The standard InChI is InChI=1S/C28H26N2O4S2/c1-3-22-23(4-2)28(31)26(35-25-15-8-11-20-12-9-16-29-27(20)25)19-24(22)30-36(32,33)18-10-17-34-21-13-6-5-7-14-21/h3-9,11-16,19,30-31H,1-2,10,17-18H2.